The molecule has 0 aromatic carbocycles. The molecule has 1 aliphatic heterocycles. The van der Waals surface area contributed by atoms with Crippen LogP contribution in [0.4, 0.5) is 10.2 Å². The Balaban J connectivity index is 0.00000261. The van der Waals surface area contributed by atoms with E-state index in [1.165, 1.54) is 6.07 Å². The second kappa shape index (κ2) is 10.4. The standard InChI is InChI=1S/C17H25FN8.HI/c1-3-15-24-22-12-26(15)10-8-21-17(19-2)23-13-6-9-25(11-13)16-14(18)5-4-7-20-16;/h4-5,7,12-13H,3,6,8-11H2,1-2H3,(H2,19,21,23);1H. The number of guanidine groups is 1. The Hall–Kier alpha value is -1.98. The molecule has 1 unspecified atom stereocenters. The molecular formula is C17H26FIN8. The molecule has 148 valence electrons. The third-order valence-corrected chi connectivity index (χ3v) is 4.45. The minimum absolute atomic E-state index is 0. The van der Waals surface area contributed by atoms with E-state index >= 15 is 0 Å². The van der Waals surface area contributed by atoms with Crippen LogP contribution in [0.2, 0.25) is 0 Å². The van der Waals surface area contributed by atoms with Crippen LogP contribution >= 0.6 is 24.0 Å². The number of aryl methyl sites for hydroxylation is 1. The topological polar surface area (TPSA) is 83.3 Å². The van der Waals surface area contributed by atoms with Gasteiger partial charge in [0.2, 0.25) is 0 Å². The second-order valence-corrected chi connectivity index (χ2v) is 6.18. The summed E-state index contributed by atoms with van der Waals surface area (Å²) < 4.78 is 15.9. The highest BCUT2D eigenvalue weighted by molar-refractivity contribution is 14.0. The summed E-state index contributed by atoms with van der Waals surface area (Å²) in [7, 11) is 1.75. The number of aliphatic imine (C=N–C) groups is 1. The molecule has 0 spiro atoms. The molecule has 0 radical (unpaired) electrons. The van der Waals surface area contributed by atoms with Crippen LogP contribution in [0.25, 0.3) is 0 Å². The minimum Gasteiger partial charge on any atom is -0.355 e. The number of anilines is 1. The van der Waals surface area contributed by atoms with Crippen molar-refractivity contribution >= 4 is 35.8 Å². The van der Waals surface area contributed by atoms with Crippen LogP contribution in [0.15, 0.2) is 29.6 Å². The molecule has 1 aliphatic rings. The van der Waals surface area contributed by atoms with Crippen LogP contribution in [-0.4, -0.2) is 58.4 Å². The fourth-order valence-corrected chi connectivity index (χ4v) is 3.10. The van der Waals surface area contributed by atoms with Gasteiger partial charge in [-0.25, -0.2) is 9.37 Å². The van der Waals surface area contributed by atoms with E-state index in [0.29, 0.717) is 12.4 Å². The minimum atomic E-state index is -0.281. The molecule has 1 fully saturated rings. The lowest BCUT2D eigenvalue weighted by molar-refractivity contribution is 0.606. The Morgan fingerprint density at radius 2 is 2.30 bits per heavy atom. The molecular weight excluding hydrogens is 462 g/mol. The lowest BCUT2D eigenvalue weighted by atomic mass is 10.3. The zero-order chi connectivity index (χ0) is 18.4. The molecule has 3 heterocycles. The molecule has 2 aromatic rings. The third-order valence-electron chi connectivity index (χ3n) is 4.45. The Bertz CT molecular complexity index is 750. The summed E-state index contributed by atoms with van der Waals surface area (Å²) in [5.74, 6) is 1.85. The first-order valence-corrected chi connectivity index (χ1v) is 8.90. The number of hydrogen-bond acceptors (Lipinski definition) is 5. The summed E-state index contributed by atoms with van der Waals surface area (Å²) in [4.78, 5) is 10.4. The molecule has 2 aromatic heterocycles. The van der Waals surface area contributed by atoms with Crippen molar-refractivity contribution in [3.8, 4) is 0 Å². The fourth-order valence-electron chi connectivity index (χ4n) is 3.10. The largest absolute Gasteiger partial charge is 0.355 e. The molecule has 0 amide bonds. The van der Waals surface area contributed by atoms with Crippen LogP contribution in [0.1, 0.15) is 19.2 Å². The maximum Gasteiger partial charge on any atom is 0.191 e. The van der Waals surface area contributed by atoms with Crippen molar-refractivity contribution in [2.45, 2.75) is 32.4 Å². The molecule has 0 aliphatic carbocycles. The van der Waals surface area contributed by atoms with Crippen LogP contribution in [0, 0.1) is 5.82 Å². The smallest absolute Gasteiger partial charge is 0.191 e. The van der Waals surface area contributed by atoms with Gasteiger partial charge in [-0.3, -0.25) is 4.99 Å². The number of halogens is 2. The molecule has 1 saturated heterocycles. The second-order valence-electron chi connectivity index (χ2n) is 6.18. The Labute approximate surface area is 175 Å². The van der Waals surface area contributed by atoms with Gasteiger partial charge in [0.1, 0.15) is 12.2 Å². The highest BCUT2D eigenvalue weighted by Gasteiger charge is 2.25. The number of pyridine rings is 1. The van der Waals surface area contributed by atoms with E-state index in [1.54, 1.807) is 25.6 Å². The number of aromatic nitrogens is 4. The molecule has 27 heavy (non-hydrogen) atoms. The van der Waals surface area contributed by atoms with Gasteiger partial charge in [0.25, 0.3) is 0 Å². The van der Waals surface area contributed by atoms with Gasteiger partial charge < -0.3 is 20.1 Å². The monoisotopic (exact) mass is 488 g/mol. The van der Waals surface area contributed by atoms with E-state index in [1.807, 2.05) is 9.47 Å². The molecule has 8 nitrogen and oxygen atoms in total. The van der Waals surface area contributed by atoms with Crippen molar-refractivity contribution in [2.24, 2.45) is 4.99 Å². The van der Waals surface area contributed by atoms with Crippen LogP contribution < -0.4 is 15.5 Å². The van der Waals surface area contributed by atoms with Gasteiger partial charge in [-0.1, -0.05) is 6.92 Å². The summed E-state index contributed by atoms with van der Waals surface area (Å²) in [5.41, 5.74) is 0. The van der Waals surface area contributed by atoms with Gasteiger partial charge in [-0.05, 0) is 18.6 Å². The maximum absolute atomic E-state index is 13.9. The van der Waals surface area contributed by atoms with Crippen molar-refractivity contribution in [3.05, 3.63) is 36.3 Å². The third kappa shape index (κ3) is 5.50. The van der Waals surface area contributed by atoms with Crippen molar-refractivity contribution in [2.75, 3.05) is 31.6 Å². The van der Waals surface area contributed by atoms with Crippen molar-refractivity contribution in [3.63, 3.8) is 0 Å². The normalized spacial score (nSPS) is 16.9. The zero-order valence-corrected chi connectivity index (χ0v) is 17.9. The van der Waals surface area contributed by atoms with E-state index in [-0.39, 0.29) is 35.8 Å². The lowest BCUT2D eigenvalue weighted by Gasteiger charge is -2.20. The van der Waals surface area contributed by atoms with Crippen molar-refractivity contribution in [1.29, 1.82) is 0 Å². The van der Waals surface area contributed by atoms with Crippen LogP contribution in [0.5, 0.6) is 0 Å². The summed E-state index contributed by atoms with van der Waals surface area (Å²) >= 11 is 0. The number of rotatable bonds is 6. The van der Waals surface area contributed by atoms with Gasteiger partial charge in [0, 0.05) is 51.9 Å². The van der Waals surface area contributed by atoms with E-state index in [9.17, 15) is 4.39 Å². The Morgan fingerprint density at radius 3 is 3.04 bits per heavy atom. The van der Waals surface area contributed by atoms with Crippen LogP contribution in [-0.2, 0) is 13.0 Å². The molecule has 0 bridgehead atoms. The fraction of sp³-hybridized carbons (Fsp3) is 0.529. The summed E-state index contributed by atoms with van der Waals surface area (Å²) in [5, 5.41) is 14.7. The van der Waals surface area contributed by atoms with Gasteiger partial charge in [-0.2, -0.15) is 0 Å². The first-order chi connectivity index (χ1) is 12.7. The summed E-state index contributed by atoms with van der Waals surface area (Å²) in [6.45, 7) is 5.01. The van der Waals surface area contributed by atoms with E-state index in [4.69, 9.17) is 0 Å². The van der Waals surface area contributed by atoms with E-state index in [2.05, 4.69) is 37.7 Å². The van der Waals surface area contributed by atoms with E-state index in [0.717, 1.165) is 44.3 Å². The van der Waals surface area contributed by atoms with E-state index < -0.39 is 0 Å². The average Bonchev–Trinajstić information content (AvgIpc) is 3.30. The molecule has 0 saturated carbocycles. The molecule has 3 rings (SSSR count). The zero-order valence-electron chi connectivity index (χ0n) is 15.6. The maximum atomic E-state index is 13.9. The van der Waals surface area contributed by atoms with Gasteiger partial charge in [0.15, 0.2) is 17.6 Å². The SMILES string of the molecule is CCc1nncn1CCNC(=NC)NC1CCN(c2ncccc2F)C1.I. The summed E-state index contributed by atoms with van der Waals surface area (Å²) in [6.07, 6.45) is 5.12. The Kier molecular flexibility index (Phi) is 8.20. The van der Waals surface area contributed by atoms with Gasteiger partial charge >= 0.3 is 0 Å². The van der Waals surface area contributed by atoms with Gasteiger partial charge in [-0.15, -0.1) is 34.2 Å². The highest BCUT2D eigenvalue weighted by atomic mass is 127. The van der Waals surface area contributed by atoms with Crippen molar-refractivity contribution in [1.82, 2.24) is 30.4 Å². The molecule has 1 atom stereocenters. The van der Waals surface area contributed by atoms with Gasteiger partial charge in [0.05, 0.1) is 0 Å². The number of hydrogen-bond donors (Lipinski definition) is 2. The average molecular weight is 488 g/mol. The lowest BCUT2D eigenvalue weighted by Crippen LogP contribution is -2.45. The summed E-state index contributed by atoms with van der Waals surface area (Å²) in [6, 6.07) is 3.25. The predicted octanol–water partition coefficient (Wildman–Crippen LogP) is 1.44. The molecule has 10 heteroatoms. The predicted molar refractivity (Wildman–Crippen MR) is 114 cm³/mol. The quantitative estimate of drug-likeness (QED) is 0.364. The first-order valence-electron chi connectivity index (χ1n) is 8.90. The number of nitrogens with one attached hydrogen (secondary N) is 2. The van der Waals surface area contributed by atoms with Crippen LogP contribution in [0.3, 0.4) is 0 Å². The molecule has 2 N–H and O–H groups in total. The first kappa shape index (κ1) is 21.3. The van der Waals surface area contributed by atoms with Crippen molar-refractivity contribution < 1.29 is 4.39 Å². The Morgan fingerprint density at radius 1 is 1.44 bits per heavy atom. The highest BCUT2D eigenvalue weighted by Crippen LogP contribution is 2.20. The number of nitrogens with zero attached hydrogens (tertiary/aromatic N) is 6.